The van der Waals surface area contributed by atoms with Gasteiger partial charge in [0.25, 0.3) is 0 Å². The van der Waals surface area contributed by atoms with E-state index in [-0.39, 0.29) is 24.2 Å². The molecule has 8 heteroatoms. The van der Waals surface area contributed by atoms with Crippen LogP contribution < -0.4 is 0 Å². The van der Waals surface area contributed by atoms with Crippen molar-refractivity contribution < 1.29 is 24.2 Å². The van der Waals surface area contributed by atoms with Gasteiger partial charge >= 0.3 is 11.9 Å². The number of aryl methyl sites for hydroxylation is 1. The minimum Gasteiger partial charge on any atom is -0.481 e. The fourth-order valence-electron chi connectivity index (χ4n) is 5.80. The van der Waals surface area contributed by atoms with Crippen LogP contribution in [0.4, 0.5) is 0 Å². The Labute approximate surface area is 221 Å². The van der Waals surface area contributed by atoms with Gasteiger partial charge in [0.1, 0.15) is 6.10 Å². The number of esters is 1. The number of fused-ring (bicyclic) bond motifs is 3. The zero-order valence-electron chi connectivity index (χ0n) is 21.1. The smallest absolute Gasteiger partial charge is 0.312 e. The number of carboxylic acid groups (broad SMARTS) is 1. The SMILES string of the molecule is C[C@@H](OC(=O)Cc1c(-c2ccc(C34CCC(CC(=O)O)(CC3)OC4)cc2)cnn1C)c1ccccc1Cl. The van der Waals surface area contributed by atoms with Crippen LogP contribution in [0.2, 0.25) is 5.02 Å². The fraction of sp³-hybridized carbons (Fsp3) is 0.414. The third kappa shape index (κ3) is 5.03. The Morgan fingerprint density at radius 2 is 1.84 bits per heavy atom. The lowest BCUT2D eigenvalue weighted by Gasteiger charge is -2.53. The molecule has 37 heavy (non-hydrogen) atoms. The number of halogens is 1. The molecule has 3 heterocycles. The number of benzene rings is 2. The second-order valence-electron chi connectivity index (χ2n) is 10.4. The zero-order valence-corrected chi connectivity index (χ0v) is 21.8. The molecule has 2 saturated heterocycles. The molecule has 0 radical (unpaired) electrons. The minimum atomic E-state index is -0.798. The van der Waals surface area contributed by atoms with Crippen molar-refractivity contribution in [2.45, 2.75) is 62.6 Å². The van der Waals surface area contributed by atoms with Crippen LogP contribution in [0.5, 0.6) is 0 Å². The first-order valence-corrected chi connectivity index (χ1v) is 13.0. The molecular formula is C29H31ClN2O5. The van der Waals surface area contributed by atoms with E-state index >= 15 is 0 Å². The maximum atomic E-state index is 12.8. The van der Waals surface area contributed by atoms with Crippen molar-refractivity contribution in [3.8, 4) is 11.1 Å². The standard InChI is InChI=1S/C29H31ClN2O5/c1-19(22-5-3-4-6-24(22)30)37-27(35)15-25-23(17-31-32(25)2)20-7-9-21(10-8-20)28-11-13-29(14-12-28,36-18-28)16-26(33)34/h3-10,17,19H,11-16,18H2,1-2H3,(H,33,34)/t19-,28?,29?/m1/s1. The second-order valence-corrected chi connectivity index (χ2v) is 10.8. The van der Waals surface area contributed by atoms with Crippen molar-refractivity contribution in [2.75, 3.05) is 6.61 Å². The number of carbonyl (C=O) groups excluding carboxylic acids is 1. The number of aromatic nitrogens is 2. The maximum Gasteiger partial charge on any atom is 0.312 e. The van der Waals surface area contributed by atoms with Crippen LogP contribution in [0.3, 0.4) is 0 Å². The van der Waals surface area contributed by atoms with Crippen molar-refractivity contribution in [2.24, 2.45) is 7.05 Å². The summed E-state index contributed by atoms with van der Waals surface area (Å²) in [5, 5.41) is 14.2. The first-order valence-electron chi connectivity index (χ1n) is 12.6. The van der Waals surface area contributed by atoms with Gasteiger partial charge in [0.05, 0.1) is 36.9 Å². The van der Waals surface area contributed by atoms with Gasteiger partial charge in [-0.25, -0.2) is 0 Å². The van der Waals surface area contributed by atoms with E-state index in [9.17, 15) is 14.7 Å². The summed E-state index contributed by atoms with van der Waals surface area (Å²) in [7, 11) is 1.82. The molecule has 0 unspecified atom stereocenters. The first kappa shape index (κ1) is 25.5. The second kappa shape index (κ2) is 9.95. The molecule has 194 valence electrons. The van der Waals surface area contributed by atoms with Crippen LogP contribution in [0.25, 0.3) is 11.1 Å². The molecule has 2 aliphatic heterocycles. The number of hydrogen-bond donors (Lipinski definition) is 1. The summed E-state index contributed by atoms with van der Waals surface area (Å²) in [6, 6.07) is 15.7. The van der Waals surface area contributed by atoms with E-state index < -0.39 is 17.7 Å². The molecule has 2 aromatic carbocycles. The molecule has 6 rings (SSSR count). The Balaban J connectivity index is 1.29. The molecule has 1 saturated carbocycles. The van der Waals surface area contributed by atoms with Gasteiger partial charge in [-0.3, -0.25) is 14.3 Å². The van der Waals surface area contributed by atoms with Gasteiger partial charge in [0.2, 0.25) is 0 Å². The summed E-state index contributed by atoms with van der Waals surface area (Å²) >= 11 is 6.26. The number of carbonyl (C=O) groups is 2. The molecule has 2 bridgehead atoms. The van der Waals surface area contributed by atoms with Gasteiger partial charge < -0.3 is 14.6 Å². The highest BCUT2D eigenvalue weighted by Crippen LogP contribution is 2.51. The highest BCUT2D eigenvalue weighted by molar-refractivity contribution is 6.31. The molecule has 1 aromatic heterocycles. The minimum absolute atomic E-state index is 0.0742. The van der Waals surface area contributed by atoms with Gasteiger partial charge in [0, 0.05) is 28.6 Å². The Morgan fingerprint density at radius 3 is 2.46 bits per heavy atom. The van der Waals surface area contributed by atoms with E-state index in [0.29, 0.717) is 11.6 Å². The molecule has 1 N–H and O–H groups in total. The largest absolute Gasteiger partial charge is 0.481 e. The Kier molecular flexibility index (Phi) is 6.86. The molecule has 3 aromatic rings. The van der Waals surface area contributed by atoms with E-state index in [2.05, 4.69) is 29.4 Å². The zero-order chi connectivity index (χ0) is 26.2. The molecule has 1 atom stereocenters. The molecule has 3 aliphatic rings. The first-order chi connectivity index (χ1) is 17.7. The fourth-order valence-corrected chi connectivity index (χ4v) is 6.09. The topological polar surface area (TPSA) is 90.7 Å². The highest BCUT2D eigenvalue weighted by atomic mass is 35.5. The predicted octanol–water partition coefficient (Wildman–Crippen LogP) is 5.64. The summed E-state index contributed by atoms with van der Waals surface area (Å²) in [6.07, 6.45) is 4.86. The van der Waals surface area contributed by atoms with E-state index in [4.69, 9.17) is 21.1 Å². The third-order valence-corrected chi connectivity index (χ3v) is 8.42. The lowest BCUT2D eigenvalue weighted by molar-refractivity contribution is -0.175. The summed E-state index contributed by atoms with van der Waals surface area (Å²) in [5.74, 6) is -1.15. The van der Waals surface area contributed by atoms with E-state index in [1.165, 1.54) is 5.56 Å². The van der Waals surface area contributed by atoms with Crippen LogP contribution in [0.15, 0.2) is 54.7 Å². The number of carboxylic acids is 1. The average Bonchev–Trinajstić information content (AvgIpc) is 3.24. The van der Waals surface area contributed by atoms with Gasteiger partial charge in [-0.15, -0.1) is 0 Å². The van der Waals surface area contributed by atoms with E-state index in [1.54, 1.807) is 16.9 Å². The van der Waals surface area contributed by atoms with Gasteiger partial charge in [-0.05, 0) is 49.8 Å². The van der Waals surface area contributed by atoms with Crippen LogP contribution in [0, 0.1) is 0 Å². The normalized spacial score (nSPS) is 23.5. The average molecular weight is 523 g/mol. The van der Waals surface area contributed by atoms with Crippen molar-refractivity contribution in [3.63, 3.8) is 0 Å². The highest BCUT2D eigenvalue weighted by Gasteiger charge is 2.51. The quantitative estimate of drug-likeness (QED) is 0.385. The van der Waals surface area contributed by atoms with Gasteiger partial charge in [-0.2, -0.15) is 5.10 Å². The van der Waals surface area contributed by atoms with Crippen LogP contribution in [0.1, 0.15) is 62.0 Å². The number of rotatable bonds is 8. The number of aliphatic carboxylic acids is 1. The molecule has 1 aliphatic carbocycles. The maximum absolute atomic E-state index is 12.8. The van der Waals surface area contributed by atoms with E-state index in [1.807, 2.05) is 32.2 Å². The van der Waals surface area contributed by atoms with Crippen molar-refractivity contribution >= 4 is 23.5 Å². The van der Waals surface area contributed by atoms with Crippen LogP contribution in [-0.2, 0) is 37.9 Å². The Hall–Kier alpha value is -3.16. The Morgan fingerprint density at radius 1 is 1.14 bits per heavy atom. The number of hydrogen-bond acceptors (Lipinski definition) is 5. The van der Waals surface area contributed by atoms with E-state index in [0.717, 1.165) is 48.1 Å². The molecule has 3 fully saturated rings. The molecule has 0 amide bonds. The lowest BCUT2D eigenvalue weighted by Crippen LogP contribution is -2.54. The predicted molar refractivity (Wildman–Crippen MR) is 139 cm³/mol. The van der Waals surface area contributed by atoms with Crippen molar-refractivity contribution in [1.82, 2.24) is 9.78 Å². The summed E-state index contributed by atoms with van der Waals surface area (Å²) < 4.78 is 13.5. The Bertz CT molecular complexity index is 1290. The van der Waals surface area contributed by atoms with Crippen LogP contribution >= 0.6 is 11.6 Å². The van der Waals surface area contributed by atoms with Crippen molar-refractivity contribution in [3.05, 3.63) is 76.6 Å². The molecule has 0 spiro atoms. The van der Waals surface area contributed by atoms with Gasteiger partial charge in [-0.1, -0.05) is 54.1 Å². The molecule has 7 nitrogen and oxygen atoms in total. The summed E-state index contributed by atoms with van der Waals surface area (Å²) in [5.41, 5.74) is 4.04. The summed E-state index contributed by atoms with van der Waals surface area (Å²) in [6.45, 7) is 2.36. The third-order valence-electron chi connectivity index (χ3n) is 8.08. The number of nitrogens with zero attached hydrogens (tertiary/aromatic N) is 2. The van der Waals surface area contributed by atoms with Gasteiger partial charge in [0.15, 0.2) is 0 Å². The van der Waals surface area contributed by atoms with Crippen molar-refractivity contribution in [1.29, 1.82) is 0 Å². The molecular weight excluding hydrogens is 492 g/mol. The lowest BCUT2D eigenvalue weighted by atomic mass is 9.62. The summed E-state index contributed by atoms with van der Waals surface area (Å²) in [4.78, 5) is 24.1. The number of ether oxygens (including phenoxy) is 2. The van der Waals surface area contributed by atoms with Crippen LogP contribution in [-0.4, -0.2) is 39.0 Å². The monoisotopic (exact) mass is 522 g/mol.